The molecule has 0 atom stereocenters. The minimum atomic E-state index is -0.293. The number of methoxy groups -OCH3 is 2. The van der Waals surface area contributed by atoms with Gasteiger partial charge in [0.25, 0.3) is 5.56 Å². The third-order valence-corrected chi connectivity index (χ3v) is 4.60. The number of anilines is 2. The van der Waals surface area contributed by atoms with Crippen LogP contribution >= 0.6 is 0 Å². The molecule has 146 valence electrons. The zero-order valence-corrected chi connectivity index (χ0v) is 16.1. The molecule has 2 N–H and O–H groups in total. The first-order valence-corrected chi connectivity index (χ1v) is 9.09. The van der Waals surface area contributed by atoms with E-state index in [2.05, 4.69) is 20.5 Å². The molecule has 29 heavy (non-hydrogen) atoms. The van der Waals surface area contributed by atoms with E-state index in [0.29, 0.717) is 29.6 Å². The summed E-state index contributed by atoms with van der Waals surface area (Å²) in [6.07, 6.45) is 0.332. The Hall–Kier alpha value is -3.87. The minimum Gasteiger partial charge on any atom is -0.493 e. The number of aromatic amines is 1. The number of benzene rings is 3. The summed E-state index contributed by atoms with van der Waals surface area (Å²) in [5, 5.41) is 13.5. The summed E-state index contributed by atoms with van der Waals surface area (Å²) in [5.41, 5.74) is 1.72. The molecule has 0 fully saturated rings. The lowest BCUT2D eigenvalue weighted by molar-refractivity contribution is 0.354. The molecule has 0 saturated heterocycles. The van der Waals surface area contributed by atoms with E-state index in [4.69, 9.17) is 9.47 Å². The van der Waals surface area contributed by atoms with Gasteiger partial charge in [-0.3, -0.25) is 9.78 Å². The van der Waals surface area contributed by atoms with Gasteiger partial charge in [0.2, 0.25) is 5.95 Å². The van der Waals surface area contributed by atoms with Crippen molar-refractivity contribution >= 4 is 22.4 Å². The minimum absolute atomic E-state index is 0.293. The number of fused-ring (bicyclic) bond motifs is 1. The van der Waals surface area contributed by atoms with Crippen LogP contribution in [-0.2, 0) is 6.42 Å². The molecule has 0 aliphatic carbocycles. The quantitative estimate of drug-likeness (QED) is 0.524. The van der Waals surface area contributed by atoms with Gasteiger partial charge in [0.05, 0.1) is 14.2 Å². The molecule has 1 heterocycles. The van der Waals surface area contributed by atoms with Crippen LogP contribution in [0, 0.1) is 0 Å². The molecule has 0 radical (unpaired) electrons. The van der Waals surface area contributed by atoms with Crippen LogP contribution in [0.1, 0.15) is 11.3 Å². The van der Waals surface area contributed by atoms with Crippen LogP contribution in [0.15, 0.2) is 65.5 Å². The third kappa shape index (κ3) is 4.03. The smallest absolute Gasteiger partial charge is 0.274 e. The highest BCUT2D eigenvalue weighted by Crippen LogP contribution is 2.28. The van der Waals surface area contributed by atoms with Gasteiger partial charge in [-0.05, 0) is 40.6 Å². The van der Waals surface area contributed by atoms with Crippen molar-refractivity contribution in [2.75, 3.05) is 19.5 Å². The largest absolute Gasteiger partial charge is 0.493 e. The second kappa shape index (κ2) is 8.02. The zero-order valence-electron chi connectivity index (χ0n) is 16.1. The van der Waals surface area contributed by atoms with Gasteiger partial charge in [0.15, 0.2) is 11.5 Å². The predicted molar refractivity (Wildman–Crippen MR) is 112 cm³/mol. The third-order valence-electron chi connectivity index (χ3n) is 4.60. The molecule has 1 aromatic heterocycles. The number of nitrogens with one attached hydrogen (secondary N) is 2. The van der Waals surface area contributed by atoms with Crippen LogP contribution in [0.2, 0.25) is 0 Å². The van der Waals surface area contributed by atoms with Gasteiger partial charge in [-0.2, -0.15) is 0 Å². The van der Waals surface area contributed by atoms with Crippen molar-refractivity contribution in [2.24, 2.45) is 0 Å². The fourth-order valence-electron chi connectivity index (χ4n) is 3.12. The molecule has 4 aromatic rings. The van der Waals surface area contributed by atoms with E-state index >= 15 is 0 Å². The predicted octanol–water partition coefficient (Wildman–Crippen LogP) is 3.67. The van der Waals surface area contributed by atoms with E-state index in [-0.39, 0.29) is 5.56 Å². The summed E-state index contributed by atoms with van der Waals surface area (Å²) < 4.78 is 10.5. The molecule has 0 unspecified atom stereocenters. The van der Waals surface area contributed by atoms with Crippen LogP contribution in [0.4, 0.5) is 11.6 Å². The fraction of sp³-hybridized carbons (Fsp3) is 0.136. The Morgan fingerprint density at radius 2 is 1.69 bits per heavy atom. The highest BCUT2D eigenvalue weighted by molar-refractivity contribution is 5.86. The molecular weight excluding hydrogens is 368 g/mol. The molecule has 0 bridgehead atoms. The van der Waals surface area contributed by atoms with Crippen molar-refractivity contribution in [3.05, 3.63) is 82.3 Å². The summed E-state index contributed by atoms with van der Waals surface area (Å²) in [7, 11) is 3.15. The average Bonchev–Trinajstić information content (AvgIpc) is 2.75. The van der Waals surface area contributed by atoms with Crippen LogP contribution in [0.3, 0.4) is 0 Å². The SMILES string of the molecule is COc1ccc(Cc2nnc(Nc3ccc4ccccc4c3)[nH]c2=O)cc1OC. The highest BCUT2D eigenvalue weighted by Gasteiger charge is 2.10. The summed E-state index contributed by atoms with van der Waals surface area (Å²) in [6, 6.07) is 19.5. The Kier molecular flexibility index (Phi) is 5.11. The maximum absolute atomic E-state index is 12.5. The first-order chi connectivity index (χ1) is 14.2. The molecule has 0 aliphatic rings. The van der Waals surface area contributed by atoms with Gasteiger partial charge in [0, 0.05) is 12.1 Å². The van der Waals surface area contributed by atoms with Crippen LogP contribution in [-0.4, -0.2) is 29.4 Å². The number of hydrogen-bond acceptors (Lipinski definition) is 6. The molecule has 7 nitrogen and oxygen atoms in total. The van der Waals surface area contributed by atoms with Gasteiger partial charge in [-0.25, -0.2) is 0 Å². The molecule has 3 aromatic carbocycles. The van der Waals surface area contributed by atoms with Crippen molar-refractivity contribution in [1.82, 2.24) is 15.2 Å². The molecule has 4 rings (SSSR count). The molecule has 0 amide bonds. The number of ether oxygens (including phenoxy) is 2. The summed E-state index contributed by atoms with van der Waals surface area (Å²) in [4.78, 5) is 15.2. The Morgan fingerprint density at radius 1 is 0.897 bits per heavy atom. The Balaban J connectivity index is 1.54. The second-order valence-electron chi connectivity index (χ2n) is 6.50. The maximum atomic E-state index is 12.5. The molecular formula is C22H20N4O3. The van der Waals surface area contributed by atoms with E-state index in [9.17, 15) is 4.79 Å². The number of hydrogen-bond donors (Lipinski definition) is 2. The summed E-state index contributed by atoms with van der Waals surface area (Å²) >= 11 is 0. The Labute approximate surface area is 167 Å². The lowest BCUT2D eigenvalue weighted by Crippen LogP contribution is -2.18. The lowest BCUT2D eigenvalue weighted by Gasteiger charge is -2.09. The van der Waals surface area contributed by atoms with Gasteiger partial charge in [-0.15, -0.1) is 10.2 Å². The van der Waals surface area contributed by atoms with Crippen molar-refractivity contribution in [1.29, 1.82) is 0 Å². The van der Waals surface area contributed by atoms with Crippen molar-refractivity contribution in [3.8, 4) is 11.5 Å². The lowest BCUT2D eigenvalue weighted by atomic mass is 10.1. The first kappa shape index (κ1) is 18.5. The van der Waals surface area contributed by atoms with E-state index in [0.717, 1.165) is 22.0 Å². The standard InChI is InChI=1S/C22H20N4O3/c1-28-19-10-7-14(12-20(19)29-2)11-18-21(27)24-22(26-25-18)23-17-9-8-15-5-3-4-6-16(15)13-17/h3-10,12-13H,11H2,1-2H3,(H2,23,24,26,27). The van der Waals surface area contributed by atoms with Crippen LogP contribution < -0.4 is 20.3 Å². The van der Waals surface area contributed by atoms with E-state index in [1.807, 2.05) is 54.6 Å². The topological polar surface area (TPSA) is 89.1 Å². The van der Waals surface area contributed by atoms with Gasteiger partial charge < -0.3 is 14.8 Å². The van der Waals surface area contributed by atoms with Gasteiger partial charge in [-0.1, -0.05) is 36.4 Å². The monoisotopic (exact) mass is 388 g/mol. The number of rotatable bonds is 6. The summed E-state index contributed by atoms with van der Waals surface area (Å²) in [5.74, 6) is 1.52. The average molecular weight is 388 g/mol. The fourth-order valence-corrected chi connectivity index (χ4v) is 3.12. The van der Waals surface area contributed by atoms with Gasteiger partial charge in [0.1, 0.15) is 5.69 Å². The summed E-state index contributed by atoms with van der Waals surface area (Å²) in [6.45, 7) is 0. The van der Waals surface area contributed by atoms with Crippen LogP contribution in [0.5, 0.6) is 11.5 Å². The second-order valence-corrected chi connectivity index (χ2v) is 6.50. The van der Waals surface area contributed by atoms with E-state index < -0.39 is 0 Å². The van der Waals surface area contributed by atoms with Crippen molar-refractivity contribution in [3.63, 3.8) is 0 Å². The molecule has 0 spiro atoms. The Morgan fingerprint density at radius 3 is 2.45 bits per heavy atom. The first-order valence-electron chi connectivity index (χ1n) is 9.09. The number of nitrogens with zero attached hydrogens (tertiary/aromatic N) is 2. The zero-order chi connectivity index (χ0) is 20.2. The molecule has 0 saturated carbocycles. The normalized spacial score (nSPS) is 10.7. The van der Waals surface area contributed by atoms with Crippen molar-refractivity contribution in [2.45, 2.75) is 6.42 Å². The van der Waals surface area contributed by atoms with E-state index in [1.165, 1.54) is 0 Å². The molecule has 0 aliphatic heterocycles. The van der Waals surface area contributed by atoms with E-state index in [1.54, 1.807) is 20.3 Å². The van der Waals surface area contributed by atoms with Crippen molar-refractivity contribution < 1.29 is 9.47 Å². The Bertz CT molecular complexity index is 1220. The molecule has 7 heteroatoms. The maximum Gasteiger partial charge on any atom is 0.274 e. The highest BCUT2D eigenvalue weighted by atomic mass is 16.5. The number of aromatic nitrogens is 3. The van der Waals surface area contributed by atoms with Crippen LogP contribution in [0.25, 0.3) is 10.8 Å². The number of H-pyrrole nitrogens is 1. The van der Waals surface area contributed by atoms with Gasteiger partial charge >= 0.3 is 0 Å².